The summed E-state index contributed by atoms with van der Waals surface area (Å²) in [6, 6.07) is 23.4. The van der Waals surface area contributed by atoms with Gasteiger partial charge in [0.05, 0.1) is 0 Å². The zero-order valence-corrected chi connectivity index (χ0v) is 17.3. The minimum Gasteiger partial charge on any atom is -0.368 e. The average Bonchev–Trinajstić information content (AvgIpc) is 3.28. The Morgan fingerprint density at radius 1 is 0.900 bits per heavy atom. The SMILES string of the molecule is Cc1cccc(N2CCN(C(=O)C3CC(c4cccc5ccccc45)NN3)CC2)c1. The summed E-state index contributed by atoms with van der Waals surface area (Å²) in [5, 5.41) is 2.48. The molecule has 1 amide bonds. The lowest BCUT2D eigenvalue weighted by Crippen LogP contribution is -2.53. The van der Waals surface area contributed by atoms with Gasteiger partial charge < -0.3 is 9.80 Å². The molecule has 0 radical (unpaired) electrons. The van der Waals surface area contributed by atoms with E-state index in [1.165, 1.54) is 27.6 Å². The normalized spacial score (nSPS) is 21.9. The first kappa shape index (κ1) is 19.1. The second-order valence-electron chi connectivity index (χ2n) is 8.35. The molecule has 0 aromatic heterocycles. The summed E-state index contributed by atoms with van der Waals surface area (Å²) in [6.45, 7) is 5.41. The van der Waals surface area contributed by atoms with E-state index in [0.717, 1.165) is 32.6 Å². The molecule has 2 aliphatic rings. The minimum absolute atomic E-state index is 0.138. The van der Waals surface area contributed by atoms with Crippen molar-refractivity contribution in [3.05, 3.63) is 77.9 Å². The molecule has 0 spiro atoms. The molecule has 5 nitrogen and oxygen atoms in total. The molecule has 0 aliphatic carbocycles. The van der Waals surface area contributed by atoms with Gasteiger partial charge in [-0.1, -0.05) is 54.6 Å². The first-order valence-electron chi connectivity index (χ1n) is 10.8. The highest BCUT2D eigenvalue weighted by Crippen LogP contribution is 2.29. The Bertz CT molecular complexity index is 1050. The first-order valence-corrected chi connectivity index (χ1v) is 10.8. The van der Waals surface area contributed by atoms with Crippen molar-refractivity contribution in [2.24, 2.45) is 0 Å². The number of fused-ring (bicyclic) bond motifs is 1. The van der Waals surface area contributed by atoms with Crippen LogP contribution in [-0.4, -0.2) is 43.0 Å². The van der Waals surface area contributed by atoms with Crippen molar-refractivity contribution < 1.29 is 4.79 Å². The quantitative estimate of drug-likeness (QED) is 0.707. The Morgan fingerprint density at radius 2 is 1.67 bits per heavy atom. The molecule has 0 bridgehead atoms. The van der Waals surface area contributed by atoms with Gasteiger partial charge in [-0.3, -0.25) is 4.79 Å². The molecule has 2 fully saturated rings. The molecule has 3 aromatic rings. The van der Waals surface area contributed by atoms with Crippen molar-refractivity contribution in [3.8, 4) is 0 Å². The van der Waals surface area contributed by atoms with E-state index in [-0.39, 0.29) is 18.0 Å². The van der Waals surface area contributed by atoms with Crippen LogP contribution in [0.5, 0.6) is 0 Å². The van der Waals surface area contributed by atoms with Crippen LogP contribution in [0.25, 0.3) is 10.8 Å². The third kappa shape index (κ3) is 3.66. The van der Waals surface area contributed by atoms with Crippen LogP contribution < -0.4 is 15.8 Å². The molecule has 2 N–H and O–H groups in total. The average molecular weight is 401 g/mol. The number of hydrazine groups is 1. The number of aryl methyl sites for hydroxylation is 1. The molecule has 0 saturated carbocycles. The maximum Gasteiger partial charge on any atom is 0.241 e. The molecule has 3 aromatic carbocycles. The summed E-state index contributed by atoms with van der Waals surface area (Å²) in [4.78, 5) is 17.5. The fraction of sp³-hybridized carbons (Fsp3) is 0.320. The summed E-state index contributed by atoms with van der Waals surface area (Å²) in [6.07, 6.45) is 0.769. The number of nitrogens with zero attached hydrogens (tertiary/aromatic N) is 2. The molecule has 154 valence electrons. The van der Waals surface area contributed by atoms with E-state index in [0.29, 0.717) is 0 Å². The smallest absolute Gasteiger partial charge is 0.241 e. The van der Waals surface area contributed by atoms with Crippen LogP contribution in [0.4, 0.5) is 5.69 Å². The van der Waals surface area contributed by atoms with Crippen LogP contribution in [0.1, 0.15) is 23.6 Å². The number of rotatable bonds is 3. The lowest BCUT2D eigenvalue weighted by atomic mass is 9.96. The molecule has 2 unspecified atom stereocenters. The van der Waals surface area contributed by atoms with Crippen molar-refractivity contribution in [1.82, 2.24) is 15.8 Å². The zero-order valence-electron chi connectivity index (χ0n) is 17.3. The second kappa shape index (κ2) is 8.09. The monoisotopic (exact) mass is 400 g/mol. The van der Waals surface area contributed by atoms with Gasteiger partial charge in [0.25, 0.3) is 0 Å². The van der Waals surface area contributed by atoms with Gasteiger partial charge in [-0.05, 0) is 47.4 Å². The van der Waals surface area contributed by atoms with Crippen LogP contribution in [0.15, 0.2) is 66.7 Å². The number of piperazine rings is 1. The number of anilines is 1. The summed E-state index contributed by atoms with van der Waals surface area (Å²) < 4.78 is 0. The highest BCUT2D eigenvalue weighted by atomic mass is 16.2. The van der Waals surface area contributed by atoms with Crippen molar-refractivity contribution >= 4 is 22.4 Å². The Labute approximate surface area is 177 Å². The molecule has 2 atom stereocenters. The highest BCUT2D eigenvalue weighted by Gasteiger charge is 2.34. The molecule has 5 heteroatoms. The molecule has 2 saturated heterocycles. The predicted octanol–water partition coefficient (Wildman–Crippen LogP) is 3.40. The van der Waals surface area contributed by atoms with E-state index in [2.05, 4.69) is 89.4 Å². The Morgan fingerprint density at radius 3 is 2.50 bits per heavy atom. The molecular weight excluding hydrogens is 372 g/mol. The second-order valence-corrected chi connectivity index (χ2v) is 8.35. The Kier molecular flexibility index (Phi) is 5.15. The fourth-order valence-electron chi connectivity index (χ4n) is 4.71. The summed E-state index contributed by atoms with van der Waals surface area (Å²) in [7, 11) is 0. The Hall–Kier alpha value is -2.89. The van der Waals surface area contributed by atoms with Crippen molar-refractivity contribution in [2.45, 2.75) is 25.4 Å². The first-order chi connectivity index (χ1) is 14.7. The standard InChI is InChI=1S/C25H28N4O/c1-18-6-4-9-20(16-18)28-12-14-29(15-13-28)25(30)24-17-23(26-27-24)22-11-5-8-19-7-2-3-10-21(19)22/h2-11,16,23-24,26-27H,12-15,17H2,1H3. The maximum absolute atomic E-state index is 13.1. The van der Waals surface area contributed by atoms with E-state index in [1.807, 2.05) is 4.90 Å². The van der Waals surface area contributed by atoms with E-state index >= 15 is 0 Å². The van der Waals surface area contributed by atoms with Gasteiger partial charge in [-0.15, -0.1) is 0 Å². The zero-order chi connectivity index (χ0) is 20.5. The highest BCUT2D eigenvalue weighted by molar-refractivity contribution is 5.87. The number of nitrogens with one attached hydrogen (secondary N) is 2. The van der Waals surface area contributed by atoms with Gasteiger partial charge in [0.15, 0.2) is 0 Å². The topological polar surface area (TPSA) is 47.6 Å². The van der Waals surface area contributed by atoms with Gasteiger partial charge in [0.1, 0.15) is 6.04 Å². The number of hydrogen-bond acceptors (Lipinski definition) is 4. The van der Waals surface area contributed by atoms with E-state index in [9.17, 15) is 4.79 Å². The van der Waals surface area contributed by atoms with Gasteiger partial charge >= 0.3 is 0 Å². The number of carbonyl (C=O) groups is 1. The third-order valence-corrected chi connectivity index (χ3v) is 6.36. The van der Waals surface area contributed by atoms with Gasteiger partial charge in [0, 0.05) is 37.9 Å². The Balaban J connectivity index is 1.23. The number of carbonyl (C=O) groups excluding carboxylic acids is 1. The van der Waals surface area contributed by atoms with Crippen LogP contribution >= 0.6 is 0 Å². The van der Waals surface area contributed by atoms with Crippen LogP contribution in [-0.2, 0) is 4.79 Å². The molecule has 30 heavy (non-hydrogen) atoms. The summed E-state index contributed by atoms with van der Waals surface area (Å²) in [5.74, 6) is 0.203. The molecule has 2 heterocycles. The van der Waals surface area contributed by atoms with Gasteiger partial charge in [-0.25, -0.2) is 10.9 Å². The van der Waals surface area contributed by atoms with E-state index in [1.54, 1.807) is 0 Å². The third-order valence-electron chi connectivity index (χ3n) is 6.36. The van der Waals surface area contributed by atoms with Crippen molar-refractivity contribution in [1.29, 1.82) is 0 Å². The van der Waals surface area contributed by atoms with Crippen LogP contribution in [0.2, 0.25) is 0 Å². The molecule has 2 aliphatic heterocycles. The summed E-state index contributed by atoms with van der Waals surface area (Å²) in [5.41, 5.74) is 10.4. The van der Waals surface area contributed by atoms with Crippen molar-refractivity contribution in [3.63, 3.8) is 0 Å². The van der Waals surface area contributed by atoms with Crippen molar-refractivity contribution in [2.75, 3.05) is 31.1 Å². The van der Waals surface area contributed by atoms with Gasteiger partial charge in [-0.2, -0.15) is 0 Å². The predicted molar refractivity (Wildman–Crippen MR) is 121 cm³/mol. The minimum atomic E-state index is -0.181. The number of hydrogen-bond donors (Lipinski definition) is 2. The number of benzene rings is 3. The van der Waals surface area contributed by atoms with E-state index in [4.69, 9.17) is 0 Å². The summed E-state index contributed by atoms with van der Waals surface area (Å²) >= 11 is 0. The largest absolute Gasteiger partial charge is 0.368 e. The fourth-order valence-corrected chi connectivity index (χ4v) is 4.71. The van der Waals surface area contributed by atoms with Crippen LogP contribution in [0, 0.1) is 6.92 Å². The molecule has 5 rings (SSSR count). The lowest BCUT2D eigenvalue weighted by Gasteiger charge is -2.37. The van der Waals surface area contributed by atoms with Crippen LogP contribution in [0.3, 0.4) is 0 Å². The maximum atomic E-state index is 13.1. The van der Waals surface area contributed by atoms with Gasteiger partial charge in [0.2, 0.25) is 5.91 Å². The molecular formula is C25H28N4O. The van der Waals surface area contributed by atoms with E-state index < -0.39 is 0 Å². The number of amides is 1. The lowest BCUT2D eigenvalue weighted by molar-refractivity contribution is -0.133.